The molecule has 1 amide bonds. The summed E-state index contributed by atoms with van der Waals surface area (Å²) in [5, 5.41) is 15.1. The molecule has 0 saturated heterocycles. The number of pyridine rings is 1. The van der Waals surface area contributed by atoms with Crippen LogP contribution in [0, 0.1) is 18.8 Å². The molecule has 0 aliphatic heterocycles. The van der Waals surface area contributed by atoms with Crippen molar-refractivity contribution < 1.29 is 14.4 Å². The Morgan fingerprint density at radius 3 is 3.10 bits per heavy atom. The highest BCUT2D eigenvalue weighted by Gasteiger charge is 2.12. The van der Waals surface area contributed by atoms with Crippen LogP contribution in [0.5, 0.6) is 0 Å². The third-order valence-corrected chi connectivity index (χ3v) is 2.46. The lowest BCUT2D eigenvalue weighted by molar-refractivity contribution is 0.0944. The van der Waals surface area contributed by atoms with Gasteiger partial charge in [0.25, 0.3) is 5.91 Å². The molecule has 2 aromatic rings. The van der Waals surface area contributed by atoms with Gasteiger partial charge in [-0.15, -0.1) is 0 Å². The Kier molecular flexibility index (Phi) is 5.01. The van der Waals surface area contributed by atoms with Crippen molar-refractivity contribution in [3.8, 4) is 11.8 Å². The molecule has 0 saturated carbocycles. The zero-order valence-electron chi connectivity index (χ0n) is 11.5. The molecule has 0 aliphatic rings. The highest BCUT2D eigenvalue weighted by molar-refractivity contribution is 5.94. The first-order chi connectivity index (χ1) is 10.2. The second-order valence-corrected chi connectivity index (χ2v) is 4.09. The van der Waals surface area contributed by atoms with E-state index in [1.165, 1.54) is 6.20 Å². The third kappa shape index (κ3) is 4.12. The van der Waals surface area contributed by atoms with E-state index in [2.05, 4.69) is 32.3 Å². The van der Waals surface area contributed by atoms with Gasteiger partial charge < -0.3 is 14.9 Å². The van der Waals surface area contributed by atoms with Gasteiger partial charge in [0.05, 0.1) is 18.7 Å². The van der Waals surface area contributed by atoms with Gasteiger partial charge in [0.15, 0.2) is 5.82 Å². The van der Waals surface area contributed by atoms with Crippen LogP contribution < -0.4 is 5.32 Å². The second-order valence-electron chi connectivity index (χ2n) is 4.09. The van der Waals surface area contributed by atoms with Crippen LogP contribution >= 0.6 is 0 Å². The molecule has 0 bridgehead atoms. The van der Waals surface area contributed by atoms with Crippen LogP contribution in [0.2, 0.25) is 0 Å². The smallest absolute Gasteiger partial charge is 0.271 e. The molecule has 2 rings (SSSR count). The highest BCUT2D eigenvalue weighted by Crippen LogP contribution is 2.04. The van der Waals surface area contributed by atoms with E-state index in [1.54, 1.807) is 19.1 Å². The molecular formula is C14H14N4O3. The first-order valence-corrected chi connectivity index (χ1v) is 6.33. The Balaban J connectivity index is 2.07. The van der Waals surface area contributed by atoms with E-state index < -0.39 is 0 Å². The van der Waals surface area contributed by atoms with Gasteiger partial charge in [0.2, 0.25) is 5.89 Å². The van der Waals surface area contributed by atoms with Gasteiger partial charge in [-0.3, -0.25) is 4.79 Å². The number of hydrogen-bond acceptors (Lipinski definition) is 6. The average Bonchev–Trinajstić information content (AvgIpc) is 2.91. The zero-order chi connectivity index (χ0) is 15.1. The number of amides is 1. The first-order valence-electron chi connectivity index (χ1n) is 6.33. The first kappa shape index (κ1) is 14.7. The van der Waals surface area contributed by atoms with Gasteiger partial charge in [-0.05, 0) is 12.1 Å². The van der Waals surface area contributed by atoms with Gasteiger partial charge in [-0.1, -0.05) is 17.0 Å². The predicted molar refractivity (Wildman–Crippen MR) is 73.0 cm³/mol. The Morgan fingerprint density at radius 2 is 2.38 bits per heavy atom. The van der Waals surface area contributed by atoms with Crippen molar-refractivity contribution in [3.05, 3.63) is 41.3 Å². The second kappa shape index (κ2) is 7.17. The van der Waals surface area contributed by atoms with Gasteiger partial charge >= 0.3 is 0 Å². The summed E-state index contributed by atoms with van der Waals surface area (Å²) in [5.74, 6) is 6.04. The van der Waals surface area contributed by atoms with E-state index in [0.29, 0.717) is 23.7 Å². The Bertz CT molecular complexity index is 685. The number of nitrogens with one attached hydrogen (secondary N) is 1. The molecule has 0 radical (unpaired) electrons. The molecule has 21 heavy (non-hydrogen) atoms. The molecule has 0 aromatic carbocycles. The highest BCUT2D eigenvalue weighted by atomic mass is 16.5. The summed E-state index contributed by atoms with van der Waals surface area (Å²) >= 11 is 0. The van der Waals surface area contributed by atoms with Crippen molar-refractivity contribution in [1.29, 1.82) is 0 Å². The zero-order valence-corrected chi connectivity index (χ0v) is 11.5. The van der Waals surface area contributed by atoms with Crippen molar-refractivity contribution in [2.24, 2.45) is 0 Å². The fourth-order valence-electron chi connectivity index (χ4n) is 1.56. The number of aliphatic hydroxyl groups is 1. The van der Waals surface area contributed by atoms with E-state index >= 15 is 0 Å². The standard InChI is InChI=1S/C14H14N4O3/c1-10-17-12(18-21-10)9-16-14(20)13-11(5-2-3-8-19)6-4-7-15-13/h4,6-7,19H,3,8-9H2,1H3,(H,16,20). The van der Waals surface area contributed by atoms with E-state index in [9.17, 15) is 4.79 Å². The number of aliphatic hydroxyl groups excluding tert-OH is 1. The lowest BCUT2D eigenvalue weighted by Gasteiger charge is -2.03. The van der Waals surface area contributed by atoms with Gasteiger partial charge in [0.1, 0.15) is 5.69 Å². The number of carbonyl (C=O) groups is 1. The average molecular weight is 286 g/mol. The molecule has 0 atom stereocenters. The monoisotopic (exact) mass is 286 g/mol. The number of aromatic nitrogens is 3. The molecule has 0 spiro atoms. The molecule has 2 N–H and O–H groups in total. The summed E-state index contributed by atoms with van der Waals surface area (Å²) in [5.41, 5.74) is 0.732. The van der Waals surface area contributed by atoms with Crippen LogP contribution in [-0.2, 0) is 6.54 Å². The molecule has 108 valence electrons. The minimum absolute atomic E-state index is 0.0219. The van der Waals surface area contributed by atoms with Crippen LogP contribution in [0.4, 0.5) is 0 Å². The SMILES string of the molecule is Cc1nc(CNC(=O)c2ncccc2C#CCCO)no1. The molecule has 0 unspecified atom stereocenters. The fraction of sp³-hybridized carbons (Fsp3) is 0.286. The topological polar surface area (TPSA) is 101 Å². The van der Waals surface area contributed by atoms with Crippen molar-refractivity contribution >= 4 is 5.91 Å². The molecule has 0 fully saturated rings. The normalized spacial score (nSPS) is 9.81. The summed E-state index contributed by atoms with van der Waals surface area (Å²) in [7, 11) is 0. The van der Waals surface area contributed by atoms with Crippen LogP contribution in [0.3, 0.4) is 0 Å². The molecule has 0 aliphatic carbocycles. The quantitative estimate of drug-likeness (QED) is 0.791. The van der Waals surface area contributed by atoms with Crippen LogP contribution in [-0.4, -0.2) is 32.7 Å². The van der Waals surface area contributed by atoms with E-state index in [0.717, 1.165) is 0 Å². The predicted octanol–water partition coefficient (Wildman–Crippen LogP) is 0.437. The van der Waals surface area contributed by atoms with Crippen LogP contribution in [0.15, 0.2) is 22.9 Å². The van der Waals surface area contributed by atoms with Crippen molar-refractivity contribution in [2.75, 3.05) is 6.61 Å². The number of hydrogen-bond donors (Lipinski definition) is 2. The maximum atomic E-state index is 12.1. The van der Waals surface area contributed by atoms with Gasteiger partial charge in [0, 0.05) is 19.5 Å². The minimum atomic E-state index is -0.369. The largest absolute Gasteiger partial charge is 0.395 e. The maximum Gasteiger partial charge on any atom is 0.271 e. The summed E-state index contributed by atoms with van der Waals surface area (Å²) in [6.07, 6.45) is 1.86. The molecule has 7 nitrogen and oxygen atoms in total. The lowest BCUT2D eigenvalue weighted by Crippen LogP contribution is -2.25. The lowest BCUT2D eigenvalue weighted by atomic mass is 10.2. The number of aryl methyl sites for hydroxylation is 1. The summed E-state index contributed by atoms with van der Waals surface area (Å²) in [4.78, 5) is 20.1. The Hall–Kier alpha value is -2.72. The van der Waals surface area contributed by atoms with Crippen molar-refractivity contribution in [3.63, 3.8) is 0 Å². The van der Waals surface area contributed by atoms with Crippen molar-refractivity contribution in [1.82, 2.24) is 20.4 Å². The summed E-state index contributed by atoms with van der Waals surface area (Å²) in [6, 6.07) is 3.40. The van der Waals surface area contributed by atoms with Gasteiger partial charge in [-0.25, -0.2) is 4.98 Å². The van der Waals surface area contributed by atoms with E-state index in [4.69, 9.17) is 9.63 Å². The Labute approximate surface area is 121 Å². The summed E-state index contributed by atoms with van der Waals surface area (Å²) < 4.78 is 4.82. The number of nitrogens with zero attached hydrogens (tertiary/aromatic N) is 3. The molecular weight excluding hydrogens is 272 g/mol. The Morgan fingerprint density at radius 1 is 1.52 bits per heavy atom. The van der Waals surface area contributed by atoms with Crippen LogP contribution in [0.1, 0.15) is 34.2 Å². The van der Waals surface area contributed by atoms with Gasteiger partial charge in [-0.2, -0.15) is 4.98 Å². The maximum absolute atomic E-state index is 12.1. The minimum Gasteiger partial charge on any atom is -0.395 e. The molecule has 7 heteroatoms. The van der Waals surface area contributed by atoms with Crippen molar-refractivity contribution in [2.45, 2.75) is 19.9 Å². The van der Waals surface area contributed by atoms with E-state index in [1.807, 2.05) is 0 Å². The van der Waals surface area contributed by atoms with E-state index in [-0.39, 0.29) is 24.8 Å². The van der Waals surface area contributed by atoms with Crippen LogP contribution in [0.25, 0.3) is 0 Å². The number of rotatable bonds is 4. The molecule has 2 aromatic heterocycles. The third-order valence-electron chi connectivity index (χ3n) is 2.46. The fourth-order valence-corrected chi connectivity index (χ4v) is 1.56. The number of carbonyl (C=O) groups excluding carboxylic acids is 1. The molecule has 2 heterocycles. The summed E-state index contributed by atoms with van der Waals surface area (Å²) in [6.45, 7) is 1.80.